The van der Waals surface area contributed by atoms with Crippen LogP contribution in [0.5, 0.6) is 17.2 Å². The van der Waals surface area contributed by atoms with Gasteiger partial charge < -0.3 is 54.9 Å². The lowest BCUT2D eigenvalue weighted by Crippen LogP contribution is -2.47. The van der Waals surface area contributed by atoms with Crippen LogP contribution in [0.1, 0.15) is 103 Å². The SMILES string of the molecule is CO[C@H]1/C=C/OC2(C)Oc3c(C)c(O)c4c(O)c(c5c(c4c3C2=O)NC2(CCN(CC(C)C)CC2)N=5)=NC(=O)/C(C)=C\C=C\[C@H](C)[C@H](O)[C@@H](C)[C@@H](O)[C@@H](C)[C@H](OC(=O)CCC(=O)NCc2ccccc2)[C@@H]1C. The number of methoxy groups -OCH3 is 1. The van der Waals surface area contributed by atoms with E-state index in [9.17, 15) is 39.6 Å². The van der Waals surface area contributed by atoms with Gasteiger partial charge in [-0.3, -0.25) is 24.2 Å². The number of phenolic OH excluding ortho intramolecular Hbond substituents is 2. The molecule has 1 unspecified atom stereocenters. The molecule has 17 nitrogen and oxygen atoms in total. The Hall–Kier alpha value is -6.14. The number of phenols is 2. The Morgan fingerprint density at radius 3 is 2.29 bits per heavy atom. The van der Waals surface area contributed by atoms with Crippen LogP contribution in [-0.4, -0.2) is 112 Å². The topological polar surface area (TPSA) is 238 Å². The fourth-order valence-electron chi connectivity index (χ4n) is 10.4. The average molecular weight is 994 g/mol. The van der Waals surface area contributed by atoms with Gasteiger partial charge in [0.2, 0.25) is 5.91 Å². The van der Waals surface area contributed by atoms with Crippen LogP contribution in [-0.2, 0) is 35.1 Å². The smallest absolute Gasteiger partial charge is 0.312 e. The number of ether oxygens (including phenoxy) is 4. The van der Waals surface area contributed by atoms with Gasteiger partial charge in [-0.25, -0.2) is 4.99 Å². The Bertz CT molecular complexity index is 2780. The normalized spacial score (nSPS) is 29.3. The second kappa shape index (κ2) is 21.9. The number of aromatic hydroxyl groups is 2. The van der Waals surface area contributed by atoms with E-state index in [0.717, 1.165) is 12.1 Å². The third-order valence-electron chi connectivity index (χ3n) is 14.8. The number of hydrogen-bond acceptors (Lipinski definition) is 15. The molecule has 5 bridgehead atoms. The summed E-state index contributed by atoms with van der Waals surface area (Å²) in [5.74, 6) is -7.63. The fourth-order valence-corrected chi connectivity index (χ4v) is 10.4. The van der Waals surface area contributed by atoms with E-state index in [1.807, 2.05) is 30.3 Å². The predicted molar refractivity (Wildman–Crippen MR) is 270 cm³/mol. The van der Waals surface area contributed by atoms with E-state index < -0.39 is 88.7 Å². The molecule has 0 aromatic heterocycles. The zero-order valence-electron chi connectivity index (χ0n) is 43.0. The zero-order chi connectivity index (χ0) is 52.4. The highest BCUT2D eigenvalue weighted by Crippen LogP contribution is 2.51. The van der Waals surface area contributed by atoms with Crippen LogP contribution in [0.3, 0.4) is 0 Å². The van der Waals surface area contributed by atoms with Crippen molar-refractivity contribution in [1.29, 1.82) is 0 Å². The van der Waals surface area contributed by atoms with Gasteiger partial charge in [0.05, 0.1) is 47.6 Å². The molecule has 0 aliphatic carbocycles. The Labute approximate surface area is 420 Å². The first-order valence-corrected chi connectivity index (χ1v) is 25.0. The van der Waals surface area contributed by atoms with Gasteiger partial charge in [-0.2, -0.15) is 0 Å². The van der Waals surface area contributed by atoms with Crippen molar-refractivity contribution in [2.75, 3.05) is 32.1 Å². The van der Waals surface area contributed by atoms with Gasteiger partial charge in [-0.05, 0) is 31.4 Å². The number of allylic oxidation sites excluding steroid dienone is 2. The Morgan fingerprint density at radius 2 is 1.62 bits per heavy atom. The van der Waals surface area contributed by atoms with Gasteiger partial charge in [-0.15, -0.1) is 0 Å². The number of carbonyl (C=O) groups excluding carboxylic acids is 4. The number of ketones is 1. The van der Waals surface area contributed by atoms with E-state index in [-0.39, 0.29) is 69.2 Å². The predicted octanol–water partition coefficient (Wildman–Crippen LogP) is 5.83. The number of Topliss-reactive ketones (excluding diaryl/α,β-unsaturated/α-hetero) is 1. The molecule has 3 aromatic rings. The van der Waals surface area contributed by atoms with Crippen LogP contribution in [0.4, 0.5) is 5.69 Å². The number of nitrogens with zero attached hydrogens (tertiary/aromatic N) is 3. The van der Waals surface area contributed by atoms with Crippen LogP contribution < -0.4 is 26.1 Å². The van der Waals surface area contributed by atoms with Gasteiger partial charge in [0.25, 0.3) is 11.7 Å². The maximum absolute atomic E-state index is 14.9. The number of hydrogen-bond donors (Lipinski definition) is 6. The van der Waals surface area contributed by atoms with Crippen molar-refractivity contribution in [2.45, 2.75) is 130 Å². The molecule has 0 radical (unpaired) electrons. The number of amides is 2. The van der Waals surface area contributed by atoms with Crippen LogP contribution in [0.15, 0.2) is 76.5 Å². The number of fused-ring (bicyclic) bond motifs is 13. The molecule has 3 aromatic carbocycles. The maximum Gasteiger partial charge on any atom is 0.312 e. The van der Waals surface area contributed by atoms with Gasteiger partial charge in [0.15, 0.2) is 5.75 Å². The monoisotopic (exact) mass is 994 g/mol. The summed E-state index contributed by atoms with van der Waals surface area (Å²) in [5, 5.41) is 54.1. The number of esters is 1. The molecular weight excluding hydrogens is 923 g/mol. The highest BCUT2D eigenvalue weighted by molar-refractivity contribution is 6.21. The minimum absolute atomic E-state index is 0.0268. The summed E-state index contributed by atoms with van der Waals surface area (Å²) in [6, 6.07) is 9.36. The number of aliphatic hydroxyl groups excluding tert-OH is 2. The van der Waals surface area contributed by atoms with Gasteiger partial charge in [-0.1, -0.05) is 90.1 Å². The van der Waals surface area contributed by atoms with E-state index >= 15 is 0 Å². The molecule has 8 rings (SSSR count). The molecule has 0 saturated carbocycles. The third-order valence-corrected chi connectivity index (χ3v) is 14.8. The Balaban J connectivity index is 1.28. The summed E-state index contributed by atoms with van der Waals surface area (Å²) in [4.78, 5) is 67.2. The number of anilines is 1. The Kier molecular flexibility index (Phi) is 16.3. The first-order chi connectivity index (χ1) is 34.1. The summed E-state index contributed by atoms with van der Waals surface area (Å²) >= 11 is 0. The summed E-state index contributed by atoms with van der Waals surface area (Å²) in [6.45, 7) is 18.4. The molecule has 1 spiro atoms. The van der Waals surface area contributed by atoms with E-state index in [4.69, 9.17) is 23.9 Å². The van der Waals surface area contributed by atoms with Crippen molar-refractivity contribution < 1.29 is 58.6 Å². The van der Waals surface area contributed by atoms with Gasteiger partial charge >= 0.3 is 11.8 Å². The lowest BCUT2D eigenvalue weighted by atomic mass is 9.78. The summed E-state index contributed by atoms with van der Waals surface area (Å²) < 4.78 is 24.6. The number of rotatable bonds is 9. The Morgan fingerprint density at radius 1 is 0.931 bits per heavy atom. The molecule has 1 fully saturated rings. The highest BCUT2D eigenvalue weighted by Gasteiger charge is 2.51. The van der Waals surface area contributed by atoms with Crippen LogP contribution in [0.2, 0.25) is 0 Å². The standard InChI is InChI=1S/C55H71N5O12/c1-29(2)28-60-24-22-55(23-25-60)58-43-40-41-48(65)35(8)51-42(40)52(67)54(9,72-51)70-26-21-37(69-10)32(5)50(71-39(62)20-19-38(61)56-27-36-17-12-11-13-18-36)34(7)47(64)33(6)46(63)30(3)15-14-16-31(4)53(68)57-45(49(41)66)44(43)59-55/h11-18,21,26,29-30,32-34,37,46-47,50,58,63-66H,19-20,22-25,27-28H2,1-10H3,(H,56,61)/b15-14+,26-21+,31-16-,57-45?/t30-,32+,33+,34+,37-,46-,47+,50+,54?/m0/s1. The van der Waals surface area contributed by atoms with E-state index in [1.54, 1.807) is 53.7 Å². The molecule has 2 amide bonds. The van der Waals surface area contributed by atoms with E-state index in [2.05, 4.69) is 34.4 Å². The third kappa shape index (κ3) is 10.9. The zero-order valence-corrected chi connectivity index (χ0v) is 43.0. The molecule has 72 heavy (non-hydrogen) atoms. The first-order valence-electron chi connectivity index (χ1n) is 25.0. The second-order valence-electron chi connectivity index (χ2n) is 20.6. The van der Waals surface area contributed by atoms with Gasteiger partial charge in [0.1, 0.15) is 34.0 Å². The van der Waals surface area contributed by atoms with Crippen molar-refractivity contribution in [3.63, 3.8) is 0 Å². The molecule has 5 aliphatic heterocycles. The van der Waals surface area contributed by atoms with Crippen molar-refractivity contribution in [2.24, 2.45) is 39.6 Å². The highest BCUT2D eigenvalue weighted by atomic mass is 16.7. The molecule has 5 heterocycles. The number of likely N-dealkylation sites (tertiary alicyclic amines) is 1. The van der Waals surface area contributed by atoms with Crippen molar-refractivity contribution >= 4 is 40.0 Å². The van der Waals surface area contributed by atoms with Crippen molar-refractivity contribution in [3.05, 3.63) is 93.9 Å². The molecule has 1 saturated heterocycles. The summed E-state index contributed by atoms with van der Waals surface area (Å²) in [6.07, 6.45) is 4.10. The van der Waals surface area contributed by atoms with Gasteiger partial charge in [0, 0.05) is 99.7 Å². The number of aliphatic hydroxyl groups is 2. The number of piperidine rings is 1. The molecule has 9 atom stereocenters. The molecule has 5 aliphatic rings. The van der Waals surface area contributed by atoms with Crippen molar-refractivity contribution in [3.8, 4) is 17.2 Å². The molecule has 388 valence electrons. The number of nitrogens with one attached hydrogen (secondary N) is 2. The maximum atomic E-state index is 14.9. The second-order valence-corrected chi connectivity index (χ2v) is 20.6. The van der Waals surface area contributed by atoms with Crippen LogP contribution in [0, 0.1) is 36.5 Å². The molecular formula is C55H71N5O12. The largest absolute Gasteiger partial charge is 0.507 e. The summed E-state index contributed by atoms with van der Waals surface area (Å²) in [7, 11) is 1.45. The van der Waals surface area contributed by atoms with Crippen LogP contribution >= 0.6 is 0 Å². The van der Waals surface area contributed by atoms with E-state index in [1.165, 1.54) is 32.4 Å². The number of carbonyl (C=O) groups is 4. The first kappa shape index (κ1) is 53.7. The molecule has 6 N–H and O–H groups in total. The lowest BCUT2D eigenvalue weighted by Gasteiger charge is -2.38. The quantitative estimate of drug-likeness (QED) is 0.109. The molecule has 17 heteroatoms. The number of benzene rings is 3. The fraction of sp³-hybridized carbons (Fsp3) is 0.527. The minimum Gasteiger partial charge on any atom is -0.507 e. The van der Waals surface area contributed by atoms with Crippen molar-refractivity contribution in [1.82, 2.24) is 10.2 Å². The summed E-state index contributed by atoms with van der Waals surface area (Å²) in [5.41, 5.74) is 0.665. The lowest BCUT2D eigenvalue weighted by molar-refractivity contribution is -0.164. The minimum atomic E-state index is -2.01. The average Bonchev–Trinajstić information content (AvgIpc) is 3.86. The van der Waals surface area contributed by atoms with Crippen LogP contribution in [0.25, 0.3) is 10.8 Å². The van der Waals surface area contributed by atoms with E-state index in [0.29, 0.717) is 37.5 Å².